The van der Waals surface area contributed by atoms with E-state index in [9.17, 15) is 4.79 Å². The van der Waals surface area contributed by atoms with Gasteiger partial charge in [-0.3, -0.25) is 15.1 Å². The number of nitrogens with one attached hydrogen (secondary N) is 1. The Morgan fingerprint density at radius 2 is 1.71 bits per heavy atom. The number of hydrazone groups is 1. The summed E-state index contributed by atoms with van der Waals surface area (Å²) in [6.07, 6.45) is -0.556. The maximum absolute atomic E-state index is 13.5. The smallest absolute Gasteiger partial charge is 0.276 e. The van der Waals surface area contributed by atoms with E-state index in [1.807, 2.05) is 66.7 Å². The van der Waals surface area contributed by atoms with Crippen molar-refractivity contribution in [3.63, 3.8) is 0 Å². The van der Waals surface area contributed by atoms with Gasteiger partial charge in [-0.05, 0) is 28.5 Å². The van der Waals surface area contributed by atoms with Crippen LogP contribution >= 0.6 is 11.8 Å². The minimum Gasteiger partial charge on any atom is -0.496 e. The quantitative estimate of drug-likeness (QED) is 0.483. The summed E-state index contributed by atoms with van der Waals surface area (Å²) in [7, 11) is 1.66. The second-order valence-electron chi connectivity index (χ2n) is 8.25. The molecule has 35 heavy (non-hydrogen) atoms. The molecule has 1 amide bonds. The third-order valence-corrected chi connectivity index (χ3v) is 7.08. The number of carbonyl (C=O) groups is 1. The lowest BCUT2D eigenvalue weighted by molar-refractivity contribution is -0.116. The van der Waals surface area contributed by atoms with E-state index in [1.165, 1.54) is 11.8 Å². The number of ether oxygens (including phenoxy) is 1. The van der Waals surface area contributed by atoms with Crippen molar-refractivity contribution in [2.75, 3.05) is 7.11 Å². The van der Waals surface area contributed by atoms with Crippen molar-refractivity contribution in [3.8, 4) is 5.75 Å². The number of amidine groups is 1. The van der Waals surface area contributed by atoms with E-state index in [-0.39, 0.29) is 5.91 Å². The van der Waals surface area contributed by atoms with Gasteiger partial charge < -0.3 is 4.74 Å². The van der Waals surface area contributed by atoms with Gasteiger partial charge in [0.05, 0.1) is 12.5 Å². The number of amides is 1. The SMILES string of the molecule is COc1ccc2ccccc2c1[C@H]1N=c2ccccc2=C2C(=O)NC(SCc3ccccc3)=NN21. The zero-order valence-corrected chi connectivity index (χ0v) is 19.8. The zero-order chi connectivity index (χ0) is 23.8. The maximum atomic E-state index is 13.5. The summed E-state index contributed by atoms with van der Waals surface area (Å²) in [6, 6.07) is 29.9. The van der Waals surface area contributed by atoms with Gasteiger partial charge >= 0.3 is 0 Å². The first-order chi connectivity index (χ1) is 17.2. The molecular weight excluding hydrogens is 456 g/mol. The topological polar surface area (TPSA) is 66.3 Å². The predicted molar refractivity (Wildman–Crippen MR) is 139 cm³/mol. The van der Waals surface area contributed by atoms with Gasteiger partial charge in [0.2, 0.25) is 0 Å². The Balaban J connectivity index is 1.52. The van der Waals surface area contributed by atoms with Gasteiger partial charge in [0.25, 0.3) is 5.91 Å². The predicted octanol–water partition coefficient (Wildman–Crippen LogP) is 3.92. The Labute approximate surface area is 206 Å². The van der Waals surface area contributed by atoms with Gasteiger partial charge in [-0.2, -0.15) is 0 Å². The summed E-state index contributed by atoms with van der Waals surface area (Å²) in [5.74, 6) is 1.21. The number of hydrogen-bond donors (Lipinski definition) is 1. The molecule has 0 unspecified atom stereocenters. The highest BCUT2D eigenvalue weighted by Crippen LogP contribution is 2.40. The average Bonchev–Trinajstić information content (AvgIpc) is 2.91. The number of fused-ring (bicyclic) bond motifs is 3. The van der Waals surface area contributed by atoms with Crippen LogP contribution in [0.15, 0.2) is 101 Å². The van der Waals surface area contributed by atoms with Gasteiger partial charge in [0, 0.05) is 16.5 Å². The monoisotopic (exact) mass is 478 g/mol. The van der Waals surface area contributed by atoms with Crippen molar-refractivity contribution in [1.82, 2.24) is 10.3 Å². The van der Waals surface area contributed by atoms with Crippen molar-refractivity contribution in [2.24, 2.45) is 10.1 Å². The van der Waals surface area contributed by atoms with Crippen LogP contribution in [0.3, 0.4) is 0 Å². The molecule has 2 aliphatic heterocycles. The molecule has 6 rings (SSSR count). The van der Waals surface area contributed by atoms with Crippen molar-refractivity contribution in [2.45, 2.75) is 11.9 Å². The number of nitrogens with zero attached hydrogens (tertiary/aromatic N) is 3. The second kappa shape index (κ2) is 8.92. The highest BCUT2D eigenvalue weighted by molar-refractivity contribution is 8.13. The molecule has 0 fully saturated rings. The Hall–Kier alpha value is -4.10. The molecule has 0 spiro atoms. The first kappa shape index (κ1) is 21.4. The van der Waals surface area contributed by atoms with Crippen LogP contribution in [0.2, 0.25) is 0 Å². The highest BCUT2D eigenvalue weighted by atomic mass is 32.2. The molecule has 2 heterocycles. The van der Waals surface area contributed by atoms with Crippen molar-refractivity contribution >= 4 is 39.3 Å². The summed E-state index contributed by atoms with van der Waals surface area (Å²) in [5.41, 5.74) is 2.52. The molecule has 1 N–H and O–H groups in total. The summed E-state index contributed by atoms with van der Waals surface area (Å²) >= 11 is 1.49. The van der Waals surface area contributed by atoms with Crippen molar-refractivity contribution in [1.29, 1.82) is 0 Å². The third-order valence-electron chi connectivity index (χ3n) is 6.14. The molecular formula is C28H22N4O2S. The lowest BCUT2D eigenvalue weighted by Crippen LogP contribution is -2.50. The van der Waals surface area contributed by atoms with Crippen molar-refractivity contribution < 1.29 is 9.53 Å². The van der Waals surface area contributed by atoms with E-state index in [1.54, 1.807) is 12.1 Å². The summed E-state index contributed by atoms with van der Waals surface area (Å²) in [5, 5.41) is 13.8. The van der Waals surface area contributed by atoms with E-state index in [4.69, 9.17) is 14.8 Å². The Morgan fingerprint density at radius 3 is 2.57 bits per heavy atom. The summed E-state index contributed by atoms with van der Waals surface area (Å²) in [4.78, 5) is 18.5. The van der Waals surface area contributed by atoms with Crippen LogP contribution in [-0.4, -0.2) is 23.2 Å². The van der Waals surface area contributed by atoms with Crippen molar-refractivity contribution in [3.05, 3.63) is 113 Å². The molecule has 6 nitrogen and oxygen atoms in total. The van der Waals surface area contributed by atoms with E-state index in [0.717, 1.165) is 32.5 Å². The number of para-hydroxylation sites is 1. The van der Waals surface area contributed by atoms with Gasteiger partial charge in [0.15, 0.2) is 11.3 Å². The number of hydrogen-bond acceptors (Lipinski definition) is 6. The first-order valence-corrected chi connectivity index (χ1v) is 12.3. The third kappa shape index (κ3) is 3.84. The van der Waals surface area contributed by atoms with E-state index < -0.39 is 6.17 Å². The van der Waals surface area contributed by atoms with Gasteiger partial charge in [-0.15, -0.1) is 5.10 Å². The minimum absolute atomic E-state index is 0.192. The molecule has 2 aliphatic rings. The Bertz CT molecular complexity index is 1600. The van der Waals surface area contributed by atoms with Crippen LogP contribution in [0.4, 0.5) is 0 Å². The molecule has 0 radical (unpaired) electrons. The Morgan fingerprint density at radius 1 is 0.943 bits per heavy atom. The number of carbonyl (C=O) groups excluding carboxylic acids is 1. The van der Waals surface area contributed by atoms with E-state index >= 15 is 0 Å². The van der Waals surface area contributed by atoms with E-state index in [0.29, 0.717) is 22.4 Å². The molecule has 0 saturated heterocycles. The summed E-state index contributed by atoms with van der Waals surface area (Å²) < 4.78 is 5.78. The fourth-order valence-electron chi connectivity index (χ4n) is 4.53. The van der Waals surface area contributed by atoms with Gasteiger partial charge in [0.1, 0.15) is 11.4 Å². The van der Waals surface area contributed by atoms with Crippen LogP contribution in [0.1, 0.15) is 17.3 Å². The molecule has 7 heteroatoms. The second-order valence-corrected chi connectivity index (χ2v) is 9.21. The zero-order valence-electron chi connectivity index (χ0n) is 19.0. The maximum Gasteiger partial charge on any atom is 0.276 e. The molecule has 0 bridgehead atoms. The lowest BCUT2D eigenvalue weighted by Gasteiger charge is -2.35. The van der Waals surface area contributed by atoms with Gasteiger partial charge in [-0.25, -0.2) is 5.01 Å². The molecule has 172 valence electrons. The molecule has 4 aromatic carbocycles. The van der Waals surface area contributed by atoms with Crippen LogP contribution in [0.25, 0.3) is 16.5 Å². The van der Waals surface area contributed by atoms with Crippen LogP contribution in [0, 0.1) is 0 Å². The normalized spacial score (nSPS) is 16.7. The average molecular weight is 479 g/mol. The van der Waals surface area contributed by atoms with Crippen LogP contribution in [-0.2, 0) is 10.5 Å². The molecule has 4 aromatic rings. The molecule has 1 atom stereocenters. The molecule has 0 aliphatic carbocycles. The molecule has 0 aromatic heterocycles. The van der Waals surface area contributed by atoms with Crippen LogP contribution in [0.5, 0.6) is 5.75 Å². The van der Waals surface area contributed by atoms with Crippen LogP contribution < -0.4 is 20.6 Å². The lowest BCUT2D eigenvalue weighted by atomic mass is 9.99. The molecule has 0 saturated carbocycles. The first-order valence-electron chi connectivity index (χ1n) is 11.3. The number of benzene rings is 4. The minimum atomic E-state index is -0.556. The van der Waals surface area contributed by atoms with E-state index in [2.05, 4.69) is 29.6 Å². The fraction of sp³-hybridized carbons (Fsp3) is 0.107. The standard InChI is InChI=1S/C28H22N4O2S/c1-34-23-16-15-19-11-5-6-12-20(19)24(23)26-29-22-14-8-7-13-21(22)25-27(33)30-28(31-32(25)26)35-17-18-9-3-2-4-10-18/h2-16,26H,17H2,1H3,(H,30,31,33)/t26-/m0/s1. The van der Waals surface area contributed by atoms with Gasteiger partial charge in [-0.1, -0.05) is 90.6 Å². The number of rotatable bonds is 4. The Kier molecular flexibility index (Phi) is 5.47. The fourth-order valence-corrected chi connectivity index (χ4v) is 5.33. The highest BCUT2D eigenvalue weighted by Gasteiger charge is 2.36. The largest absolute Gasteiger partial charge is 0.496 e. The number of methoxy groups -OCH3 is 1. The summed E-state index contributed by atoms with van der Waals surface area (Å²) in [6.45, 7) is 0. The number of thioether (sulfide) groups is 1.